The summed E-state index contributed by atoms with van der Waals surface area (Å²) in [6.45, 7) is 1.56. The molecule has 2 N–H and O–H groups in total. The summed E-state index contributed by atoms with van der Waals surface area (Å²) in [7, 11) is 1.39. The molecule has 1 heterocycles. The lowest BCUT2D eigenvalue weighted by Crippen LogP contribution is -2.33. The molecule has 1 aromatic heterocycles. The van der Waals surface area contributed by atoms with Gasteiger partial charge in [-0.1, -0.05) is 6.07 Å². The summed E-state index contributed by atoms with van der Waals surface area (Å²) in [5.74, 6) is -2.36. The highest BCUT2D eigenvalue weighted by molar-refractivity contribution is 7.12. The van der Waals surface area contributed by atoms with Crippen molar-refractivity contribution >= 4 is 40.5 Å². The summed E-state index contributed by atoms with van der Waals surface area (Å²) >= 11 is 1.23. The Hall–Kier alpha value is -4.19. The number of hydrogen-bond acceptors (Lipinski definition) is 7. The van der Waals surface area contributed by atoms with E-state index in [4.69, 9.17) is 9.47 Å². The molecule has 0 saturated carbocycles. The van der Waals surface area contributed by atoms with E-state index in [-0.39, 0.29) is 17.2 Å². The molecule has 0 radical (unpaired) electrons. The van der Waals surface area contributed by atoms with E-state index in [1.165, 1.54) is 30.6 Å². The van der Waals surface area contributed by atoms with Crippen LogP contribution in [0.2, 0.25) is 0 Å². The lowest BCUT2D eigenvalue weighted by atomic mass is 10.1. The van der Waals surface area contributed by atoms with Crippen LogP contribution in [-0.2, 0) is 15.8 Å². The van der Waals surface area contributed by atoms with Crippen LogP contribution in [-0.4, -0.2) is 30.6 Å². The Morgan fingerprint density at radius 2 is 1.69 bits per heavy atom. The van der Waals surface area contributed by atoms with Crippen molar-refractivity contribution in [3.05, 3.63) is 76.0 Å². The normalized spacial score (nSPS) is 11.5. The van der Waals surface area contributed by atoms with Crippen molar-refractivity contribution in [2.24, 2.45) is 5.10 Å². The maximum absolute atomic E-state index is 12.6. The number of hydrogen-bond donors (Lipinski definition) is 2. The molecule has 0 unspecified atom stereocenters. The minimum Gasteiger partial charge on any atom is -0.493 e. The van der Waals surface area contributed by atoms with Crippen LogP contribution in [0.15, 0.2) is 65.1 Å². The van der Waals surface area contributed by atoms with Gasteiger partial charge in [0.25, 0.3) is 0 Å². The predicted molar refractivity (Wildman–Crippen MR) is 123 cm³/mol. The zero-order valence-corrected chi connectivity index (χ0v) is 19.1. The van der Waals surface area contributed by atoms with Crippen molar-refractivity contribution in [2.45, 2.75) is 13.1 Å². The standard InChI is InChI=1S/C23H18F3N3O5S/c1-13(14-5-10-17(18(12-14)33-2)34-22(32)19-4-3-11-35-19)28-29-21(31)20(30)27-16-8-6-15(7-9-16)23(24,25)26/h3-12H,1-2H3,(H,27,30)(H,29,31). The second-order valence-corrected chi connectivity index (χ2v) is 7.85. The smallest absolute Gasteiger partial charge is 0.416 e. The SMILES string of the molecule is COc1cc(C(C)=NNC(=O)C(=O)Nc2ccc(C(F)(F)F)cc2)ccc1OC(=O)c1cccs1. The summed E-state index contributed by atoms with van der Waals surface area (Å²) in [4.78, 5) is 36.6. The number of carbonyl (C=O) groups excluding carboxylic acids is 3. The Kier molecular flexibility index (Phi) is 7.87. The molecule has 0 saturated heterocycles. The van der Waals surface area contributed by atoms with Crippen LogP contribution in [0, 0.1) is 0 Å². The molecule has 0 bridgehead atoms. The number of alkyl halides is 3. The van der Waals surface area contributed by atoms with Gasteiger partial charge in [-0.3, -0.25) is 9.59 Å². The molecule has 0 atom stereocenters. The van der Waals surface area contributed by atoms with Gasteiger partial charge in [0.2, 0.25) is 0 Å². The van der Waals surface area contributed by atoms with Crippen molar-refractivity contribution in [3.8, 4) is 11.5 Å². The number of esters is 1. The summed E-state index contributed by atoms with van der Waals surface area (Å²) in [6, 6.07) is 11.6. The number of nitrogens with zero attached hydrogens (tertiary/aromatic N) is 1. The van der Waals surface area contributed by atoms with Crippen molar-refractivity contribution in [1.29, 1.82) is 0 Å². The number of ether oxygens (including phenoxy) is 2. The largest absolute Gasteiger partial charge is 0.493 e. The molecule has 0 fully saturated rings. The van der Waals surface area contributed by atoms with Gasteiger partial charge in [-0.15, -0.1) is 11.3 Å². The molecule has 8 nitrogen and oxygen atoms in total. The number of hydrazone groups is 1. The Labute approximate surface area is 201 Å². The summed E-state index contributed by atoms with van der Waals surface area (Å²) < 4.78 is 48.5. The van der Waals surface area contributed by atoms with Crippen LogP contribution in [0.4, 0.5) is 18.9 Å². The van der Waals surface area contributed by atoms with E-state index in [1.807, 2.05) is 0 Å². The van der Waals surface area contributed by atoms with Crippen molar-refractivity contribution in [1.82, 2.24) is 5.43 Å². The lowest BCUT2D eigenvalue weighted by Gasteiger charge is -2.11. The van der Waals surface area contributed by atoms with E-state index in [2.05, 4.69) is 15.8 Å². The van der Waals surface area contributed by atoms with Crippen molar-refractivity contribution in [3.63, 3.8) is 0 Å². The molecule has 3 rings (SSSR count). The zero-order valence-electron chi connectivity index (χ0n) is 18.3. The minimum absolute atomic E-state index is 0.0104. The van der Waals surface area contributed by atoms with Gasteiger partial charge in [0.15, 0.2) is 11.5 Å². The summed E-state index contributed by atoms with van der Waals surface area (Å²) in [6.07, 6.45) is -4.52. The van der Waals surface area contributed by atoms with E-state index in [1.54, 1.807) is 30.5 Å². The lowest BCUT2D eigenvalue weighted by molar-refractivity contribution is -0.137. The van der Waals surface area contributed by atoms with E-state index >= 15 is 0 Å². The monoisotopic (exact) mass is 505 g/mol. The molecule has 12 heteroatoms. The maximum atomic E-state index is 12.6. The molecule has 2 amide bonds. The zero-order chi connectivity index (χ0) is 25.6. The van der Waals surface area contributed by atoms with Gasteiger partial charge < -0.3 is 14.8 Å². The van der Waals surface area contributed by atoms with Crippen LogP contribution in [0.3, 0.4) is 0 Å². The number of methoxy groups -OCH3 is 1. The average Bonchev–Trinajstić information content (AvgIpc) is 3.37. The number of carbonyl (C=O) groups is 3. The Morgan fingerprint density at radius 3 is 2.29 bits per heavy atom. The quantitative estimate of drug-likeness (QED) is 0.169. The fourth-order valence-corrected chi connectivity index (χ4v) is 3.30. The number of amides is 2. The Balaban J connectivity index is 1.62. The fraction of sp³-hybridized carbons (Fsp3) is 0.130. The topological polar surface area (TPSA) is 106 Å². The second kappa shape index (κ2) is 10.8. The summed E-state index contributed by atoms with van der Waals surface area (Å²) in [5.41, 5.74) is 2.00. The van der Waals surface area contributed by atoms with Crippen LogP contribution in [0.5, 0.6) is 11.5 Å². The molecule has 35 heavy (non-hydrogen) atoms. The number of thiophene rings is 1. The Bertz CT molecular complexity index is 1260. The minimum atomic E-state index is -4.52. The van der Waals surface area contributed by atoms with Gasteiger partial charge in [-0.2, -0.15) is 18.3 Å². The average molecular weight is 505 g/mol. The number of benzene rings is 2. The third-order valence-corrected chi connectivity index (χ3v) is 5.36. The molecular weight excluding hydrogens is 487 g/mol. The first-order chi connectivity index (χ1) is 16.6. The van der Waals surface area contributed by atoms with Gasteiger partial charge >= 0.3 is 24.0 Å². The molecule has 3 aromatic rings. The highest BCUT2D eigenvalue weighted by Gasteiger charge is 2.30. The summed E-state index contributed by atoms with van der Waals surface area (Å²) in [5, 5.41) is 7.78. The number of halogens is 3. The van der Waals surface area contributed by atoms with Crippen LogP contribution >= 0.6 is 11.3 Å². The predicted octanol–water partition coefficient (Wildman–Crippen LogP) is 4.47. The van der Waals surface area contributed by atoms with Gasteiger partial charge in [0.1, 0.15) is 4.88 Å². The van der Waals surface area contributed by atoms with E-state index < -0.39 is 29.5 Å². The molecule has 2 aromatic carbocycles. The first-order valence-corrected chi connectivity index (χ1v) is 10.7. The van der Waals surface area contributed by atoms with Gasteiger partial charge in [-0.05, 0) is 60.8 Å². The van der Waals surface area contributed by atoms with Crippen LogP contribution in [0.25, 0.3) is 0 Å². The molecular formula is C23H18F3N3O5S. The van der Waals surface area contributed by atoms with E-state index in [0.717, 1.165) is 24.3 Å². The third-order valence-electron chi connectivity index (χ3n) is 4.51. The first kappa shape index (κ1) is 25.4. The van der Waals surface area contributed by atoms with Crippen molar-refractivity contribution < 1.29 is 37.0 Å². The van der Waals surface area contributed by atoms with Gasteiger partial charge in [0.05, 0.1) is 18.4 Å². The molecule has 0 aliphatic rings. The number of rotatable bonds is 6. The molecule has 0 aliphatic heterocycles. The number of nitrogens with one attached hydrogen (secondary N) is 2. The Morgan fingerprint density at radius 1 is 0.971 bits per heavy atom. The second-order valence-electron chi connectivity index (χ2n) is 6.90. The van der Waals surface area contributed by atoms with E-state index in [9.17, 15) is 27.6 Å². The maximum Gasteiger partial charge on any atom is 0.416 e. The highest BCUT2D eigenvalue weighted by Crippen LogP contribution is 2.30. The first-order valence-electron chi connectivity index (χ1n) is 9.85. The molecule has 182 valence electrons. The van der Waals surface area contributed by atoms with Crippen LogP contribution < -0.4 is 20.2 Å². The number of anilines is 1. The molecule has 0 aliphatic carbocycles. The van der Waals surface area contributed by atoms with E-state index in [0.29, 0.717) is 16.2 Å². The van der Waals surface area contributed by atoms with Crippen LogP contribution in [0.1, 0.15) is 27.7 Å². The van der Waals surface area contributed by atoms with Gasteiger partial charge in [0, 0.05) is 11.3 Å². The highest BCUT2D eigenvalue weighted by atomic mass is 32.1. The molecule has 0 spiro atoms. The third kappa shape index (κ3) is 6.67. The van der Waals surface area contributed by atoms with Crippen molar-refractivity contribution in [2.75, 3.05) is 12.4 Å². The van der Waals surface area contributed by atoms with Gasteiger partial charge in [-0.25, -0.2) is 10.2 Å². The fourth-order valence-electron chi connectivity index (χ4n) is 2.70.